The molecule has 0 fully saturated rings. The second kappa shape index (κ2) is 15.0. The zero-order valence-electron chi connectivity index (χ0n) is 24.7. The van der Waals surface area contributed by atoms with Gasteiger partial charge in [-0.3, -0.25) is 13.6 Å². The number of fused-ring (bicyclic) bond motifs is 1. The molecule has 1 aliphatic heterocycles. The van der Waals surface area contributed by atoms with Gasteiger partial charge in [0.15, 0.2) is 0 Å². The maximum atomic E-state index is 13.3. The Morgan fingerprint density at radius 2 is 1.55 bits per heavy atom. The number of nitrogens with one attached hydrogen (secondary N) is 1. The first-order chi connectivity index (χ1) is 19.0. The van der Waals surface area contributed by atoms with Crippen LogP contribution < -0.4 is 10.1 Å². The lowest BCUT2D eigenvalue weighted by molar-refractivity contribution is 0.0368. The minimum atomic E-state index is -3.85. The van der Waals surface area contributed by atoms with E-state index in [-0.39, 0.29) is 19.8 Å². The number of aryl methyl sites for hydroxylation is 1. The normalized spacial score (nSPS) is 16.3. The van der Waals surface area contributed by atoms with Gasteiger partial charge >= 0.3 is 13.9 Å². The van der Waals surface area contributed by atoms with E-state index in [9.17, 15) is 9.36 Å². The summed E-state index contributed by atoms with van der Waals surface area (Å²) in [6.07, 6.45) is 6.57. The van der Waals surface area contributed by atoms with Gasteiger partial charge in [0, 0.05) is 0 Å². The zero-order chi connectivity index (χ0) is 29.1. The number of phosphoric ester groups is 1. The highest BCUT2D eigenvalue weighted by Gasteiger charge is 2.36. The molecule has 3 rings (SSSR count). The minimum absolute atomic E-state index is 0.0842. The molecule has 2 aromatic rings. The zero-order valence-corrected chi connectivity index (χ0v) is 25.6. The van der Waals surface area contributed by atoms with Crippen molar-refractivity contribution in [2.45, 2.75) is 104 Å². The fourth-order valence-corrected chi connectivity index (χ4v) is 5.52. The number of unbranched alkanes of at least 4 members (excludes halogenated alkanes) is 4. The molecule has 1 amide bonds. The van der Waals surface area contributed by atoms with E-state index in [2.05, 4.69) is 12.2 Å². The van der Waals surface area contributed by atoms with Crippen molar-refractivity contribution in [2.75, 3.05) is 13.2 Å². The molecule has 0 spiro atoms. The second-order valence-corrected chi connectivity index (χ2v) is 13.3. The maximum absolute atomic E-state index is 13.3. The van der Waals surface area contributed by atoms with Gasteiger partial charge in [0.1, 0.15) is 11.4 Å². The number of carbonyl (C=O) groups is 1. The van der Waals surface area contributed by atoms with Crippen LogP contribution in [-0.2, 0) is 42.5 Å². The fraction of sp³-hybridized carbons (Fsp3) is 0.581. The molecule has 1 heterocycles. The first-order valence-corrected chi connectivity index (χ1v) is 15.8. The third-order valence-electron chi connectivity index (χ3n) is 6.62. The van der Waals surface area contributed by atoms with Crippen LogP contribution in [0.5, 0.6) is 5.75 Å². The van der Waals surface area contributed by atoms with Gasteiger partial charge in [-0.15, -0.1) is 0 Å². The van der Waals surface area contributed by atoms with Crippen LogP contribution in [0.3, 0.4) is 0 Å². The van der Waals surface area contributed by atoms with E-state index in [0.717, 1.165) is 28.9 Å². The summed E-state index contributed by atoms with van der Waals surface area (Å²) in [4.78, 5) is 12.7. The van der Waals surface area contributed by atoms with E-state index < -0.39 is 25.1 Å². The summed E-state index contributed by atoms with van der Waals surface area (Å²) in [6, 6.07) is 15.6. The summed E-state index contributed by atoms with van der Waals surface area (Å²) < 4.78 is 41.7. The molecular formula is C31H46NO7P. The molecule has 1 atom stereocenters. The highest BCUT2D eigenvalue weighted by Crippen LogP contribution is 2.53. The van der Waals surface area contributed by atoms with E-state index in [1.165, 1.54) is 25.7 Å². The quantitative estimate of drug-likeness (QED) is 0.180. The van der Waals surface area contributed by atoms with Crippen molar-refractivity contribution in [2.24, 2.45) is 0 Å². The monoisotopic (exact) mass is 575 g/mol. The van der Waals surface area contributed by atoms with E-state index in [1.807, 2.05) is 55.5 Å². The SMILES string of the molecule is CCCCCCCOc1ccc(CC[C@](C)(COP2(=O)OCc3ccccc3CO2)NC(=O)OC(C)(C)C)cc1. The van der Waals surface area contributed by atoms with Gasteiger partial charge < -0.3 is 14.8 Å². The summed E-state index contributed by atoms with van der Waals surface area (Å²) in [6.45, 7) is 10.3. The van der Waals surface area contributed by atoms with Crippen molar-refractivity contribution < 1.29 is 32.4 Å². The lowest BCUT2D eigenvalue weighted by Gasteiger charge is -2.32. The predicted molar refractivity (Wildman–Crippen MR) is 156 cm³/mol. The Balaban J connectivity index is 1.59. The van der Waals surface area contributed by atoms with Gasteiger partial charge in [-0.1, -0.05) is 69.0 Å². The number of amides is 1. The van der Waals surface area contributed by atoms with Gasteiger partial charge in [-0.25, -0.2) is 9.36 Å². The standard InChI is InChI=1S/C31H46NO7P/c1-6-7-8-9-12-21-35-28-17-15-25(16-18-28)19-20-31(5,32-29(33)39-30(2,3)4)24-38-40(34)36-22-26-13-10-11-14-27(26)23-37-40/h10-11,13-18H,6-9,12,19-24H2,1-5H3,(H,32,33)/t31-/m1/s1. The predicted octanol–water partition coefficient (Wildman–Crippen LogP) is 8.12. The topological polar surface area (TPSA) is 92.3 Å². The summed E-state index contributed by atoms with van der Waals surface area (Å²) in [5.74, 6) is 0.846. The number of carbonyl (C=O) groups excluding carboxylic acids is 1. The third-order valence-corrected chi connectivity index (χ3v) is 7.96. The summed E-state index contributed by atoms with van der Waals surface area (Å²) in [5.41, 5.74) is 1.32. The fourth-order valence-electron chi connectivity index (χ4n) is 4.26. The number of benzene rings is 2. The van der Waals surface area contributed by atoms with Crippen LogP contribution >= 0.6 is 7.82 Å². The molecule has 2 aromatic carbocycles. The van der Waals surface area contributed by atoms with Crippen LogP contribution in [0.15, 0.2) is 48.5 Å². The molecule has 0 radical (unpaired) electrons. The molecule has 0 saturated carbocycles. The molecule has 8 nitrogen and oxygen atoms in total. The van der Waals surface area contributed by atoms with Gasteiger partial charge in [-0.05, 0) is 75.8 Å². The van der Waals surface area contributed by atoms with E-state index in [0.29, 0.717) is 19.4 Å². The summed E-state index contributed by atoms with van der Waals surface area (Å²) in [7, 11) is -3.85. The molecule has 0 aromatic heterocycles. The molecule has 1 aliphatic rings. The Hall–Kier alpha value is -2.38. The number of ether oxygens (including phenoxy) is 2. The first-order valence-electron chi connectivity index (χ1n) is 14.3. The Labute approximate surface area is 239 Å². The Kier molecular flexibility index (Phi) is 12.1. The van der Waals surface area contributed by atoms with Crippen LogP contribution in [0, 0.1) is 0 Å². The molecule has 9 heteroatoms. The van der Waals surface area contributed by atoms with Crippen LogP contribution in [0.25, 0.3) is 0 Å². The number of hydrogen-bond donors (Lipinski definition) is 1. The molecule has 222 valence electrons. The van der Waals surface area contributed by atoms with E-state index >= 15 is 0 Å². The Bertz CT molecular complexity index is 1080. The third kappa shape index (κ3) is 11.2. The van der Waals surface area contributed by atoms with Crippen LogP contribution in [0.4, 0.5) is 4.79 Å². The molecule has 0 bridgehead atoms. The van der Waals surface area contributed by atoms with Gasteiger partial charge in [0.05, 0.1) is 32.0 Å². The summed E-state index contributed by atoms with van der Waals surface area (Å²) >= 11 is 0. The summed E-state index contributed by atoms with van der Waals surface area (Å²) in [5, 5.41) is 2.93. The Morgan fingerprint density at radius 1 is 0.925 bits per heavy atom. The van der Waals surface area contributed by atoms with Gasteiger partial charge in [0.25, 0.3) is 0 Å². The number of hydrogen-bond acceptors (Lipinski definition) is 7. The number of rotatable bonds is 14. The molecule has 40 heavy (non-hydrogen) atoms. The van der Waals surface area contributed by atoms with E-state index in [1.54, 1.807) is 20.8 Å². The molecule has 0 unspecified atom stereocenters. The average molecular weight is 576 g/mol. The molecular weight excluding hydrogens is 529 g/mol. The van der Waals surface area contributed by atoms with Crippen molar-refractivity contribution >= 4 is 13.9 Å². The largest absolute Gasteiger partial charge is 0.494 e. The molecule has 0 aliphatic carbocycles. The lowest BCUT2D eigenvalue weighted by Crippen LogP contribution is -2.51. The lowest BCUT2D eigenvalue weighted by atomic mass is 9.94. The van der Waals surface area contributed by atoms with E-state index in [4.69, 9.17) is 23.0 Å². The number of alkyl carbamates (subject to hydrolysis) is 1. The van der Waals surface area contributed by atoms with Crippen LogP contribution in [0.2, 0.25) is 0 Å². The smallest absolute Gasteiger partial charge is 0.475 e. The van der Waals surface area contributed by atoms with Crippen molar-refractivity contribution in [3.05, 3.63) is 65.2 Å². The van der Waals surface area contributed by atoms with Crippen molar-refractivity contribution in [3.8, 4) is 5.75 Å². The van der Waals surface area contributed by atoms with Crippen molar-refractivity contribution in [1.29, 1.82) is 0 Å². The molecule has 1 N–H and O–H groups in total. The number of phosphoric acid groups is 1. The van der Waals surface area contributed by atoms with Crippen molar-refractivity contribution in [3.63, 3.8) is 0 Å². The van der Waals surface area contributed by atoms with Crippen LogP contribution in [0.1, 0.15) is 89.8 Å². The molecule has 0 saturated heterocycles. The van der Waals surface area contributed by atoms with Crippen molar-refractivity contribution in [1.82, 2.24) is 5.32 Å². The second-order valence-electron chi connectivity index (χ2n) is 11.6. The first kappa shape index (κ1) is 32.1. The Morgan fingerprint density at radius 3 is 2.15 bits per heavy atom. The minimum Gasteiger partial charge on any atom is -0.494 e. The van der Waals surface area contributed by atoms with Gasteiger partial charge in [-0.2, -0.15) is 0 Å². The highest BCUT2D eigenvalue weighted by atomic mass is 31.2. The van der Waals surface area contributed by atoms with Crippen LogP contribution in [-0.4, -0.2) is 30.4 Å². The highest BCUT2D eigenvalue weighted by molar-refractivity contribution is 7.48. The average Bonchev–Trinajstić information content (AvgIpc) is 3.07. The van der Waals surface area contributed by atoms with Gasteiger partial charge in [0.2, 0.25) is 0 Å². The maximum Gasteiger partial charge on any atom is 0.475 e.